The molecule has 9 heteroatoms. The van der Waals surface area contributed by atoms with Crippen LogP contribution in [0.3, 0.4) is 0 Å². The molecule has 6 nitrogen and oxygen atoms in total. The van der Waals surface area contributed by atoms with Gasteiger partial charge >= 0.3 is 12.1 Å². The summed E-state index contributed by atoms with van der Waals surface area (Å²) in [7, 11) is 0. The van der Waals surface area contributed by atoms with Crippen LogP contribution in [-0.2, 0) is 14.4 Å². The van der Waals surface area contributed by atoms with Crippen LogP contribution in [0.1, 0.15) is 12.8 Å². The summed E-state index contributed by atoms with van der Waals surface area (Å²) in [6, 6.07) is -0.980. The molecule has 3 N–H and O–H groups in total. The average molecular weight is 268 g/mol. The monoisotopic (exact) mass is 268 g/mol. The van der Waals surface area contributed by atoms with Gasteiger partial charge in [0.15, 0.2) is 5.92 Å². The number of carboxylic acids is 1. The van der Waals surface area contributed by atoms with Gasteiger partial charge < -0.3 is 10.4 Å². The fraction of sp³-hybridized carbons (Fsp3) is 0.667. The molecule has 0 aliphatic carbocycles. The van der Waals surface area contributed by atoms with Crippen molar-refractivity contribution in [3.63, 3.8) is 0 Å². The number of rotatable bonds is 4. The Morgan fingerprint density at radius 3 is 2.56 bits per heavy atom. The second-order valence-corrected chi connectivity index (χ2v) is 3.84. The molecule has 2 atom stereocenters. The maximum atomic E-state index is 12.3. The highest BCUT2D eigenvalue weighted by Crippen LogP contribution is 2.26. The Bertz CT molecular complexity index is 369. The first-order chi connectivity index (χ1) is 8.21. The summed E-state index contributed by atoms with van der Waals surface area (Å²) < 4.78 is 36.9. The van der Waals surface area contributed by atoms with Crippen LogP contribution < -0.4 is 10.6 Å². The zero-order chi connectivity index (χ0) is 13.9. The van der Waals surface area contributed by atoms with E-state index >= 15 is 0 Å². The number of hydrogen-bond donors (Lipinski definition) is 3. The van der Waals surface area contributed by atoms with Crippen molar-refractivity contribution in [1.82, 2.24) is 10.6 Å². The largest absolute Gasteiger partial charge is 0.481 e. The molecule has 1 saturated heterocycles. The summed E-state index contributed by atoms with van der Waals surface area (Å²) in [5, 5.41) is 12.6. The molecule has 1 heterocycles. The predicted molar refractivity (Wildman–Crippen MR) is 51.4 cm³/mol. The van der Waals surface area contributed by atoms with E-state index in [9.17, 15) is 27.6 Å². The third-order valence-electron chi connectivity index (χ3n) is 2.50. The second-order valence-electron chi connectivity index (χ2n) is 3.84. The van der Waals surface area contributed by atoms with E-state index in [0.29, 0.717) is 0 Å². The average Bonchev–Trinajstić information content (AvgIpc) is 2.18. The van der Waals surface area contributed by atoms with Crippen LogP contribution in [0.15, 0.2) is 0 Å². The van der Waals surface area contributed by atoms with Gasteiger partial charge in [0, 0.05) is 13.0 Å². The summed E-state index contributed by atoms with van der Waals surface area (Å²) in [6.07, 6.45) is -4.83. The molecule has 2 unspecified atom stereocenters. The standard InChI is InChI=1S/C9H11F3N2O4/c10-9(11,12)4(8(17)18)3-13-5-1-2-6(15)14-7(5)16/h4-5,13H,1-3H2,(H,17,18)(H,14,15,16). The van der Waals surface area contributed by atoms with E-state index < -0.39 is 42.5 Å². The maximum absolute atomic E-state index is 12.3. The first kappa shape index (κ1) is 14.4. The van der Waals surface area contributed by atoms with Crippen molar-refractivity contribution < 1.29 is 32.7 Å². The zero-order valence-corrected chi connectivity index (χ0v) is 9.08. The topological polar surface area (TPSA) is 95.5 Å². The molecule has 1 aliphatic rings. The Morgan fingerprint density at radius 1 is 1.50 bits per heavy atom. The zero-order valence-electron chi connectivity index (χ0n) is 9.08. The van der Waals surface area contributed by atoms with E-state index in [4.69, 9.17) is 5.11 Å². The summed E-state index contributed by atoms with van der Waals surface area (Å²) in [5.41, 5.74) is 0. The smallest absolute Gasteiger partial charge is 0.403 e. The second kappa shape index (κ2) is 5.34. The van der Waals surface area contributed by atoms with E-state index in [1.165, 1.54) is 0 Å². The minimum atomic E-state index is -4.89. The SMILES string of the molecule is O=C1CCC(NCC(C(=O)O)C(F)(F)F)C(=O)N1. The molecule has 1 fully saturated rings. The van der Waals surface area contributed by atoms with Gasteiger partial charge in [-0.2, -0.15) is 13.2 Å². The van der Waals surface area contributed by atoms with Crippen LogP contribution in [-0.4, -0.2) is 41.7 Å². The first-order valence-corrected chi connectivity index (χ1v) is 5.08. The number of piperidine rings is 1. The number of carbonyl (C=O) groups excluding carboxylic acids is 2. The van der Waals surface area contributed by atoms with Crippen LogP contribution in [0.5, 0.6) is 0 Å². The van der Waals surface area contributed by atoms with Crippen molar-refractivity contribution in [2.75, 3.05) is 6.54 Å². The fourth-order valence-corrected chi connectivity index (χ4v) is 1.49. The minimum Gasteiger partial charge on any atom is -0.481 e. The number of halogens is 3. The minimum absolute atomic E-state index is 0.00711. The Morgan fingerprint density at radius 2 is 2.11 bits per heavy atom. The Balaban J connectivity index is 2.55. The molecule has 1 aliphatic heterocycles. The molecule has 102 valence electrons. The maximum Gasteiger partial charge on any atom is 0.403 e. The molecule has 0 aromatic rings. The summed E-state index contributed by atoms with van der Waals surface area (Å²) in [4.78, 5) is 32.4. The van der Waals surface area contributed by atoms with Crippen molar-refractivity contribution >= 4 is 17.8 Å². The quantitative estimate of drug-likeness (QED) is 0.605. The lowest BCUT2D eigenvalue weighted by Crippen LogP contribution is -2.53. The Kier molecular flexibility index (Phi) is 4.28. The molecule has 18 heavy (non-hydrogen) atoms. The summed E-state index contributed by atoms with van der Waals surface area (Å²) in [5.74, 6) is -5.83. The van der Waals surface area contributed by atoms with Crippen LogP contribution in [0.25, 0.3) is 0 Å². The first-order valence-electron chi connectivity index (χ1n) is 5.08. The van der Waals surface area contributed by atoms with E-state index in [2.05, 4.69) is 5.32 Å². The number of hydrogen-bond acceptors (Lipinski definition) is 4. The van der Waals surface area contributed by atoms with Gasteiger partial charge in [0.05, 0.1) is 6.04 Å². The van der Waals surface area contributed by atoms with E-state index in [0.717, 1.165) is 0 Å². The number of aliphatic carboxylic acids is 1. The van der Waals surface area contributed by atoms with Gasteiger partial charge in [-0.3, -0.25) is 19.7 Å². The van der Waals surface area contributed by atoms with Crippen LogP contribution >= 0.6 is 0 Å². The molecular weight excluding hydrogens is 257 g/mol. The van der Waals surface area contributed by atoms with Crippen LogP contribution in [0.4, 0.5) is 13.2 Å². The lowest BCUT2D eigenvalue weighted by atomic mass is 10.0. The molecule has 0 saturated carbocycles. The molecule has 0 spiro atoms. The Labute approximate surface area is 99.5 Å². The molecule has 0 radical (unpaired) electrons. The normalized spacial score (nSPS) is 22.5. The van der Waals surface area contributed by atoms with E-state index in [-0.39, 0.29) is 12.8 Å². The molecular formula is C9H11F3N2O4. The molecule has 0 bridgehead atoms. The van der Waals surface area contributed by atoms with Gasteiger partial charge in [0.1, 0.15) is 0 Å². The van der Waals surface area contributed by atoms with Gasteiger partial charge in [-0.05, 0) is 6.42 Å². The molecule has 0 aromatic heterocycles. The molecule has 2 amide bonds. The third-order valence-corrected chi connectivity index (χ3v) is 2.50. The highest BCUT2D eigenvalue weighted by Gasteiger charge is 2.45. The number of nitrogens with one attached hydrogen (secondary N) is 2. The van der Waals surface area contributed by atoms with Gasteiger partial charge in [0.2, 0.25) is 11.8 Å². The third kappa shape index (κ3) is 3.69. The highest BCUT2D eigenvalue weighted by atomic mass is 19.4. The van der Waals surface area contributed by atoms with Gasteiger partial charge in [-0.25, -0.2) is 0 Å². The van der Waals surface area contributed by atoms with Crippen molar-refractivity contribution in [2.45, 2.75) is 25.1 Å². The van der Waals surface area contributed by atoms with Crippen LogP contribution in [0, 0.1) is 5.92 Å². The van der Waals surface area contributed by atoms with Crippen molar-refractivity contribution in [3.8, 4) is 0 Å². The lowest BCUT2D eigenvalue weighted by molar-refractivity contribution is -0.193. The number of imide groups is 1. The van der Waals surface area contributed by atoms with Crippen molar-refractivity contribution in [3.05, 3.63) is 0 Å². The van der Waals surface area contributed by atoms with Gasteiger partial charge in [0.25, 0.3) is 0 Å². The number of alkyl halides is 3. The number of amides is 2. The van der Waals surface area contributed by atoms with E-state index in [1.54, 1.807) is 0 Å². The number of carboxylic acid groups (broad SMARTS) is 1. The fourth-order valence-electron chi connectivity index (χ4n) is 1.49. The molecule has 1 rings (SSSR count). The van der Waals surface area contributed by atoms with Crippen molar-refractivity contribution in [2.24, 2.45) is 5.92 Å². The predicted octanol–water partition coefficient (Wildman–Crippen LogP) is -0.356. The number of carbonyl (C=O) groups is 3. The van der Waals surface area contributed by atoms with Gasteiger partial charge in [-0.15, -0.1) is 0 Å². The van der Waals surface area contributed by atoms with E-state index in [1.807, 2.05) is 5.32 Å². The lowest BCUT2D eigenvalue weighted by Gasteiger charge is -2.24. The molecule has 0 aromatic carbocycles. The van der Waals surface area contributed by atoms with Crippen LogP contribution in [0.2, 0.25) is 0 Å². The van der Waals surface area contributed by atoms with Gasteiger partial charge in [-0.1, -0.05) is 0 Å². The summed E-state index contributed by atoms with van der Waals surface area (Å²) >= 11 is 0. The Hall–Kier alpha value is -1.64. The summed E-state index contributed by atoms with van der Waals surface area (Å²) in [6.45, 7) is -0.912. The highest BCUT2D eigenvalue weighted by molar-refractivity contribution is 6.00. The van der Waals surface area contributed by atoms with Crippen molar-refractivity contribution in [1.29, 1.82) is 0 Å².